The van der Waals surface area contributed by atoms with Crippen molar-refractivity contribution in [1.82, 2.24) is 10.2 Å². The molecule has 5 heteroatoms. The Hall–Kier alpha value is -1.85. The Kier molecular flexibility index (Phi) is 7.95. The van der Waals surface area contributed by atoms with Crippen LogP contribution in [0.4, 0.5) is 0 Å². The van der Waals surface area contributed by atoms with E-state index in [-0.39, 0.29) is 12.5 Å². The minimum atomic E-state index is -0.132. The summed E-state index contributed by atoms with van der Waals surface area (Å²) in [4.78, 5) is 14.3. The number of amides is 1. The van der Waals surface area contributed by atoms with E-state index in [1.165, 1.54) is 5.56 Å². The number of rotatable bonds is 9. The summed E-state index contributed by atoms with van der Waals surface area (Å²) in [6.07, 6.45) is 0. The third kappa shape index (κ3) is 6.88. The van der Waals surface area contributed by atoms with Crippen molar-refractivity contribution in [1.29, 1.82) is 0 Å². The molecule has 0 aliphatic carbocycles. The number of hydrogen-bond acceptors (Lipinski definition) is 3. The average Bonchev–Trinajstić information content (AvgIpc) is 2.63. The molecule has 0 aromatic heterocycles. The quantitative estimate of drug-likeness (QED) is 0.686. The van der Waals surface area contributed by atoms with Gasteiger partial charge in [0.2, 0.25) is 0 Å². The molecule has 0 atom stereocenters. The van der Waals surface area contributed by atoms with Gasteiger partial charge in [0.05, 0.1) is 0 Å². The van der Waals surface area contributed by atoms with Crippen LogP contribution in [0.25, 0.3) is 0 Å². The molecular formula is C20H25BrN2O2. The molecule has 1 amide bonds. The molecule has 0 bridgehead atoms. The van der Waals surface area contributed by atoms with Crippen molar-refractivity contribution in [3.05, 3.63) is 64.1 Å². The number of benzene rings is 2. The Morgan fingerprint density at radius 1 is 1.08 bits per heavy atom. The summed E-state index contributed by atoms with van der Waals surface area (Å²) in [7, 11) is 0. The third-order valence-corrected chi connectivity index (χ3v) is 4.47. The standard InChI is InChI=1S/C20H25BrN2O2/c1-3-23(4-2)14-17-10-8-16(9-11-17)13-22-20(24)15-25-19-7-5-6-18(21)12-19/h5-12H,3-4,13-15H2,1-2H3,(H,22,24). The number of hydrogen-bond donors (Lipinski definition) is 1. The van der Waals surface area contributed by atoms with Gasteiger partial charge in [-0.05, 0) is 42.4 Å². The Morgan fingerprint density at radius 2 is 1.76 bits per heavy atom. The molecule has 1 N–H and O–H groups in total. The fourth-order valence-electron chi connectivity index (χ4n) is 2.43. The highest BCUT2D eigenvalue weighted by molar-refractivity contribution is 9.10. The van der Waals surface area contributed by atoms with Crippen LogP contribution >= 0.6 is 15.9 Å². The highest BCUT2D eigenvalue weighted by atomic mass is 79.9. The summed E-state index contributed by atoms with van der Waals surface area (Å²) >= 11 is 3.38. The molecule has 25 heavy (non-hydrogen) atoms. The van der Waals surface area contributed by atoms with Gasteiger partial charge in [0.15, 0.2) is 6.61 Å². The second-order valence-corrected chi connectivity index (χ2v) is 6.72. The molecule has 0 unspecified atom stereocenters. The Morgan fingerprint density at radius 3 is 2.40 bits per heavy atom. The van der Waals surface area contributed by atoms with Gasteiger partial charge in [0.1, 0.15) is 5.75 Å². The van der Waals surface area contributed by atoms with Crippen molar-refractivity contribution in [3.8, 4) is 5.75 Å². The number of nitrogens with zero attached hydrogens (tertiary/aromatic N) is 1. The predicted octanol–water partition coefficient (Wildman–Crippen LogP) is 3.99. The normalized spacial score (nSPS) is 10.7. The minimum Gasteiger partial charge on any atom is -0.484 e. The monoisotopic (exact) mass is 404 g/mol. The topological polar surface area (TPSA) is 41.6 Å². The molecule has 0 saturated carbocycles. The first kappa shape index (κ1) is 19.5. The molecule has 134 valence electrons. The average molecular weight is 405 g/mol. The van der Waals surface area contributed by atoms with Gasteiger partial charge in [0, 0.05) is 17.6 Å². The molecule has 2 rings (SSSR count). The summed E-state index contributed by atoms with van der Waals surface area (Å²) in [6.45, 7) is 7.91. The van der Waals surface area contributed by atoms with Gasteiger partial charge >= 0.3 is 0 Å². The maximum Gasteiger partial charge on any atom is 0.258 e. The highest BCUT2D eigenvalue weighted by Gasteiger charge is 2.04. The van der Waals surface area contributed by atoms with E-state index in [0.717, 1.165) is 29.7 Å². The maximum absolute atomic E-state index is 11.9. The fraction of sp³-hybridized carbons (Fsp3) is 0.350. The van der Waals surface area contributed by atoms with Gasteiger partial charge in [-0.25, -0.2) is 0 Å². The first-order valence-electron chi connectivity index (χ1n) is 8.56. The molecule has 0 aliphatic rings. The van der Waals surface area contributed by atoms with E-state index in [1.807, 2.05) is 24.3 Å². The minimum absolute atomic E-state index is 0.0104. The summed E-state index contributed by atoms with van der Waals surface area (Å²) in [5, 5.41) is 2.88. The molecule has 0 spiro atoms. The fourth-order valence-corrected chi connectivity index (χ4v) is 2.80. The lowest BCUT2D eigenvalue weighted by Crippen LogP contribution is -2.28. The summed E-state index contributed by atoms with van der Waals surface area (Å²) in [6, 6.07) is 15.8. The van der Waals surface area contributed by atoms with Crippen molar-refractivity contribution in [2.45, 2.75) is 26.9 Å². The van der Waals surface area contributed by atoms with Gasteiger partial charge in [-0.3, -0.25) is 9.69 Å². The van der Waals surface area contributed by atoms with Crippen molar-refractivity contribution < 1.29 is 9.53 Å². The molecule has 0 radical (unpaired) electrons. The maximum atomic E-state index is 11.9. The number of carbonyl (C=O) groups excluding carboxylic acids is 1. The summed E-state index contributed by atoms with van der Waals surface area (Å²) in [5.74, 6) is 0.539. The van der Waals surface area contributed by atoms with E-state index in [1.54, 1.807) is 0 Å². The zero-order valence-corrected chi connectivity index (χ0v) is 16.4. The van der Waals surface area contributed by atoms with Crippen molar-refractivity contribution in [2.24, 2.45) is 0 Å². The molecule has 0 fully saturated rings. The number of ether oxygens (including phenoxy) is 1. The van der Waals surface area contributed by atoms with Gasteiger partial charge in [-0.1, -0.05) is 60.1 Å². The van der Waals surface area contributed by atoms with Crippen molar-refractivity contribution in [3.63, 3.8) is 0 Å². The first-order valence-corrected chi connectivity index (χ1v) is 9.35. The van der Waals surface area contributed by atoms with E-state index in [2.05, 4.69) is 64.3 Å². The van der Waals surface area contributed by atoms with Gasteiger partial charge in [0.25, 0.3) is 5.91 Å². The molecule has 2 aromatic carbocycles. The van der Waals surface area contributed by atoms with Crippen LogP contribution in [0.15, 0.2) is 53.0 Å². The Bertz CT molecular complexity index is 670. The number of halogens is 1. The molecule has 0 saturated heterocycles. The van der Waals surface area contributed by atoms with Crippen LogP contribution in [0.2, 0.25) is 0 Å². The molecule has 4 nitrogen and oxygen atoms in total. The van der Waals surface area contributed by atoms with Gasteiger partial charge in [-0.15, -0.1) is 0 Å². The van der Waals surface area contributed by atoms with Crippen LogP contribution in [0.3, 0.4) is 0 Å². The first-order chi connectivity index (χ1) is 12.1. The SMILES string of the molecule is CCN(CC)Cc1ccc(CNC(=O)COc2cccc(Br)c2)cc1. The second kappa shape index (κ2) is 10.2. The highest BCUT2D eigenvalue weighted by Crippen LogP contribution is 2.17. The van der Waals surface area contributed by atoms with Gasteiger partial charge < -0.3 is 10.1 Å². The summed E-state index contributed by atoms with van der Waals surface area (Å²) in [5.41, 5.74) is 2.37. The smallest absolute Gasteiger partial charge is 0.258 e. The second-order valence-electron chi connectivity index (χ2n) is 5.80. The Balaban J connectivity index is 1.75. The molecule has 2 aromatic rings. The Labute approximate surface area is 158 Å². The van der Waals surface area contributed by atoms with E-state index in [9.17, 15) is 4.79 Å². The number of carbonyl (C=O) groups is 1. The van der Waals surface area contributed by atoms with Crippen LogP contribution in [0, 0.1) is 0 Å². The zero-order chi connectivity index (χ0) is 18.1. The lowest BCUT2D eigenvalue weighted by molar-refractivity contribution is -0.123. The van der Waals surface area contributed by atoms with Crippen LogP contribution < -0.4 is 10.1 Å². The van der Waals surface area contributed by atoms with Crippen LogP contribution in [-0.2, 0) is 17.9 Å². The van der Waals surface area contributed by atoms with Crippen molar-refractivity contribution in [2.75, 3.05) is 19.7 Å². The molecule has 0 aliphatic heterocycles. The largest absolute Gasteiger partial charge is 0.484 e. The molecular weight excluding hydrogens is 380 g/mol. The lowest BCUT2D eigenvalue weighted by Gasteiger charge is -2.18. The van der Waals surface area contributed by atoms with Crippen LogP contribution in [0.5, 0.6) is 5.75 Å². The van der Waals surface area contributed by atoms with E-state index in [0.29, 0.717) is 12.3 Å². The summed E-state index contributed by atoms with van der Waals surface area (Å²) < 4.78 is 6.40. The zero-order valence-electron chi connectivity index (χ0n) is 14.8. The third-order valence-electron chi connectivity index (χ3n) is 3.98. The van der Waals surface area contributed by atoms with Gasteiger partial charge in [-0.2, -0.15) is 0 Å². The van der Waals surface area contributed by atoms with Crippen LogP contribution in [0.1, 0.15) is 25.0 Å². The van der Waals surface area contributed by atoms with E-state index >= 15 is 0 Å². The lowest BCUT2D eigenvalue weighted by atomic mass is 10.1. The predicted molar refractivity (Wildman–Crippen MR) is 105 cm³/mol. The van der Waals surface area contributed by atoms with E-state index < -0.39 is 0 Å². The van der Waals surface area contributed by atoms with Crippen LogP contribution in [-0.4, -0.2) is 30.5 Å². The van der Waals surface area contributed by atoms with E-state index in [4.69, 9.17) is 4.74 Å². The number of nitrogens with one attached hydrogen (secondary N) is 1. The van der Waals surface area contributed by atoms with Crippen molar-refractivity contribution >= 4 is 21.8 Å². The molecule has 0 heterocycles.